The second-order valence-corrected chi connectivity index (χ2v) is 6.28. The van der Waals surface area contributed by atoms with Crippen molar-refractivity contribution in [2.75, 3.05) is 0 Å². The van der Waals surface area contributed by atoms with Crippen LogP contribution < -0.4 is 16.8 Å². The van der Waals surface area contributed by atoms with E-state index in [2.05, 4.69) is 10.1 Å². The first-order valence-corrected chi connectivity index (χ1v) is 8.43. The van der Waals surface area contributed by atoms with Crippen LogP contribution >= 0.6 is 11.3 Å². The molecule has 0 aliphatic heterocycles. The molecule has 0 radical (unpaired) electrons. The number of aryl methyl sites for hydroxylation is 2. The van der Waals surface area contributed by atoms with E-state index in [1.54, 1.807) is 13.0 Å². The molecule has 25 heavy (non-hydrogen) atoms. The molecule has 3 aromatic heterocycles. The molecule has 0 amide bonds. The Morgan fingerprint density at radius 1 is 1.28 bits per heavy atom. The van der Waals surface area contributed by atoms with Gasteiger partial charge in [-0.05, 0) is 13.3 Å². The number of nitrogens with zero attached hydrogens (tertiary/aromatic N) is 6. The molecule has 0 saturated carbocycles. The van der Waals surface area contributed by atoms with E-state index in [-0.39, 0.29) is 23.4 Å². The summed E-state index contributed by atoms with van der Waals surface area (Å²) in [6.07, 6.45) is 1.91. The fourth-order valence-corrected chi connectivity index (χ4v) is 3.24. The number of fused-ring (bicyclic) bond motifs is 1. The van der Waals surface area contributed by atoms with Crippen LogP contribution in [0.3, 0.4) is 0 Å². The molecule has 0 aromatic carbocycles. The molecule has 128 valence electrons. The van der Waals surface area contributed by atoms with Crippen molar-refractivity contribution in [3.05, 3.63) is 59.7 Å². The summed E-state index contributed by atoms with van der Waals surface area (Å²) in [6, 6.07) is 3.03. The summed E-state index contributed by atoms with van der Waals surface area (Å²) in [5, 5.41) is 14.0. The molecule has 0 saturated heterocycles. The van der Waals surface area contributed by atoms with Crippen molar-refractivity contribution in [3.8, 4) is 6.07 Å². The highest BCUT2D eigenvalue weighted by atomic mass is 32.1. The molecule has 0 N–H and O–H groups in total. The summed E-state index contributed by atoms with van der Waals surface area (Å²) < 4.78 is 3.39. The maximum Gasteiger partial charge on any atom is 0.331 e. The van der Waals surface area contributed by atoms with Gasteiger partial charge < -0.3 is 0 Å². The van der Waals surface area contributed by atoms with Crippen molar-refractivity contribution in [1.29, 1.82) is 5.26 Å². The first-order valence-electron chi connectivity index (χ1n) is 7.61. The zero-order valence-electron chi connectivity index (χ0n) is 13.6. The van der Waals surface area contributed by atoms with Crippen molar-refractivity contribution in [3.63, 3.8) is 0 Å². The minimum Gasteiger partial charge on any atom is -0.299 e. The molecule has 3 rings (SSSR count). The quantitative estimate of drug-likeness (QED) is 0.647. The maximum absolute atomic E-state index is 12.4. The molecule has 0 fully saturated rings. The monoisotopic (exact) mass is 358 g/mol. The summed E-state index contributed by atoms with van der Waals surface area (Å²) in [5.41, 5.74) is -1.49. The van der Waals surface area contributed by atoms with Gasteiger partial charge in [0, 0.05) is 18.8 Å². The van der Waals surface area contributed by atoms with Gasteiger partial charge in [-0.15, -0.1) is 0 Å². The van der Waals surface area contributed by atoms with Crippen molar-refractivity contribution in [2.24, 2.45) is 0 Å². The largest absolute Gasteiger partial charge is 0.331 e. The Kier molecular flexibility index (Phi) is 4.33. The van der Waals surface area contributed by atoms with E-state index in [0.717, 1.165) is 9.57 Å². The number of hydrogen-bond donors (Lipinski definition) is 0. The van der Waals surface area contributed by atoms with E-state index in [1.807, 2.05) is 6.92 Å². The highest BCUT2D eigenvalue weighted by Crippen LogP contribution is 2.11. The number of rotatable bonds is 4. The van der Waals surface area contributed by atoms with Gasteiger partial charge in [0.1, 0.15) is 16.6 Å². The maximum atomic E-state index is 12.4. The predicted molar refractivity (Wildman–Crippen MR) is 91.0 cm³/mol. The third-order valence-electron chi connectivity index (χ3n) is 3.66. The van der Waals surface area contributed by atoms with Crippen LogP contribution in [0.2, 0.25) is 0 Å². The van der Waals surface area contributed by atoms with Crippen LogP contribution in [0.25, 0.3) is 4.96 Å². The second kappa shape index (κ2) is 6.45. The van der Waals surface area contributed by atoms with E-state index in [9.17, 15) is 14.4 Å². The highest BCUT2D eigenvalue weighted by Gasteiger charge is 2.14. The van der Waals surface area contributed by atoms with Gasteiger partial charge in [-0.25, -0.2) is 9.78 Å². The van der Waals surface area contributed by atoms with Gasteiger partial charge >= 0.3 is 5.69 Å². The first kappa shape index (κ1) is 16.8. The molecule has 9 nitrogen and oxygen atoms in total. The van der Waals surface area contributed by atoms with Crippen LogP contribution in [0.15, 0.2) is 26.6 Å². The van der Waals surface area contributed by atoms with Gasteiger partial charge in [-0.1, -0.05) is 18.3 Å². The second-order valence-electron chi connectivity index (χ2n) is 5.24. The molecule has 0 aliphatic carbocycles. The van der Waals surface area contributed by atoms with E-state index in [4.69, 9.17) is 5.26 Å². The van der Waals surface area contributed by atoms with E-state index < -0.39 is 11.2 Å². The van der Waals surface area contributed by atoms with Crippen molar-refractivity contribution in [2.45, 2.75) is 33.4 Å². The molecular formula is C15H14N6O3S. The summed E-state index contributed by atoms with van der Waals surface area (Å²) in [4.78, 5) is 41.6. The lowest BCUT2D eigenvalue weighted by atomic mass is 10.3. The molecule has 0 aliphatic rings. The lowest BCUT2D eigenvalue weighted by molar-refractivity contribution is 0.591. The highest BCUT2D eigenvalue weighted by molar-refractivity contribution is 7.16. The fraction of sp³-hybridized carbons (Fsp3) is 0.333. The molecule has 3 heterocycles. The Hall–Kier alpha value is -3.06. The average Bonchev–Trinajstić information content (AvgIpc) is 3.03. The molecule has 0 spiro atoms. The normalized spacial score (nSPS) is 10.9. The summed E-state index contributed by atoms with van der Waals surface area (Å²) in [6.45, 7) is 3.79. The van der Waals surface area contributed by atoms with Gasteiger partial charge in [-0.3, -0.25) is 18.7 Å². The topological polar surface area (TPSA) is 115 Å². The van der Waals surface area contributed by atoms with E-state index in [1.165, 1.54) is 32.7 Å². The standard InChI is InChI=1S/C15H14N6O3S/c1-3-11-18-21-12(22)5-10(17-14(21)25-11)8-20-13(23)9(6-16)7-19(4-2)15(20)24/h5,7H,3-4,8H2,1-2H3. The Morgan fingerprint density at radius 2 is 2.04 bits per heavy atom. The van der Waals surface area contributed by atoms with Crippen LogP contribution in [0.4, 0.5) is 0 Å². The molecule has 0 atom stereocenters. The van der Waals surface area contributed by atoms with E-state index in [0.29, 0.717) is 17.9 Å². The number of hydrogen-bond acceptors (Lipinski definition) is 7. The molecule has 10 heteroatoms. The van der Waals surface area contributed by atoms with Crippen LogP contribution in [0, 0.1) is 11.3 Å². The lowest BCUT2D eigenvalue weighted by Gasteiger charge is -2.08. The Morgan fingerprint density at radius 3 is 2.68 bits per heavy atom. The van der Waals surface area contributed by atoms with Gasteiger partial charge in [0.25, 0.3) is 11.1 Å². The van der Waals surface area contributed by atoms with Crippen LogP contribution in [0.1, 0.15) is 30.1 Å². The molecular weight excluding hydrogens is 344 g/mol. The third-order valence-corrected chi connectivity index (χ3v) is 4.71. The van der Waals surface area contributed by atoms with Crippen molar-refractivity contribution < 1.29 is 0 Å². The van der Waals surface area contributed by atoms with Crippen LogP contribution in [-0.4, -0.2) is 23.7 Å². The first-order chi connectivity index (χ1) is 12.0. The molecule has 0 unspecified atom stereocenters. The molecule has 3 aromatic rings. The zero-order chi connectivity index (χ0) is 18.1. The Labute approximate surface area is 145 Å². The summed E-state index contributed by atoms with van der Waals surface area (Å²) >= 11 is 1.28. The minimum absolute atomic E-state index is 0.134. The average molecular weight is 358 g/mol. The number of nitriles is 1. The Bertz CT molecular complexity index is 1180. The zero-order valence-corrected chi connectivity index (χ0v) is 14.4. The molecule has 0 bridgehead atoms. The van der Waals surface area contributed by atoms with E-state index >= 15 is 0 Å². The van der Waals surface area contributed by atoms with Gasteiger partial charge in [0.05, 0.1) is 12.2 Å². The summed E-state index contributed by atoms with van der Waals surface area (Å²) in [5.74, 6) is 0. The summed E-state index contributed by atoms with van der Waals surface area (Å²) in [7, 11) is 0. The smallest absolute Gasteiger partial charge is 0.299 e. The lowest BCUT2D eigenvalue weighted by Crippen LogP contribution is -2.41. The van der Waals surface area contributed by atoms with Gasteiger partial charge in [0.2, 0.25) is 4.96 Å². The van der Waals surface area contributed by atoms with Crippen LogP contribution in [0.5, 0.6) is 0 Å². The predicted octanol–water partition coefficient (Wildman–Crippen LogP) is -0.0233. The van der Waals surface area contributed by atoms with Gasteiger partial charge in [-0.2, -0.15) is 14.9 Å². The van der Waals surface area contributed by atoms with Gasteiger partial charge in [0.15, 0.2) is 0 Å². The SMILES string of the molecule is CCc1nn2c(=O)cc(Cn3c(=O)c(C#N)cn(CC)c3=O)nc2s1. The van der Waals surface area contributed by atoms with Crippen molar-refractivity contribution >= 4 is 16.3 Å². The van der Waals surface area contributed by atoms with Crippen molar-refractivity contribution in [1.82, 2.24) is 23.7 Å². The third kappa shape index (κ3) is 2.89. The fourth-order valence-electron chi connectivity index (χ4n) is 2.38. The number of aromatic nitrogens is 5. The van der Waals surface area contributed by atoms with Crippen LogP contribution in [-0.2, 0) is 19.5 Å². The minimum atomic E-state index is -0.697. The Balaban J connectivity index is 2.16.